The second kappa shape index (κ2) is 11.4. The van der Waals surface area contributed by atoms with Gasteiger partial charge in [0.25, 0.3) is 5.91 Å². The fraction of sp³-hybridized carbons (Fsp3) is 0.444. The number of aliphatic hydroxyl groups is 1. The van der Waals surface area contributed by atoms with E-state index in [0.717, 1.165) is 6.07 Å². The molecule has 1 fully saturated rings. The number of hydroxylamine groups is 2. The number of carbonyl (C=O) groups is 2. The molecule has 11 heteroatoms. The van der Waals surface area contributed by atoms with Crippen LogP contribution in [0, 0.1) is 17.2 Å². The zero-order chi connectivity index (χ0) is 28.1. The van der Waals surface area contributed by atoms with Crippen molar-refractivity contribution in [2.75, 3.05) is 18.4 Å². The number of halogens is 3. The number of hydrogen-bond acceptors (Lipinski definition) is 7. The molecule has 1 heterocycles. The topological polar surface area (TPSA) is 112 Å². The fourth-order valence-corrected chi connectivity index (χ4v) is 4.31. The monoisotopic (exact) mass is 533 g/mol. The highest BCUT2D eigenvalue weighted by Crippen LogP contribution is 2.36. The van der Waals surface area contributed by atoms with E-state index in [-0.39, 0.29) is 38.0 Å². The van der Waals surface area contributed by atoms with E-state index in [1.54, 1.807) is 51.1 Å². The van der Waals surface area contributed by atoms with Crippen LogP contribution in [0.5, 0.6) is 0 Å². The van der Waals surface area contributed by atoms with Crippen LogP contribution in [-0.4, -0.2) is 46.5 Å². The number of benzene rings is 2. The molecule has 8 nitrogen and oxygen atoms in total. The minimum Gasteiger partial charge on any atom is -0.427 e. The summed E-state index contributed by atoms with van der Waals surface area (Å²) in [6, 6.07) is 13.1. The van der Waals surface area contributed by atoms with Crippen LogP contribution in [0.2, 0.25) is 0 Å². The molecule has 3 rings (SSSR count). The van der Waals surface area contributed by atoms with Crippen molar-refractivity contribution < 1.29 is 37.4 Å². The number of carbonyl (C=O) groups excluding carboxylic acids is 2. The van der Waals surface area contributed by atoms with Crippen molar-refractivity contribution in [1.29, 1.82) is 5.26 Å². The van der Waals surface area contributed by atoms with Gasteiger partial charge in [-0.15, -0.1) is 5.06 Å². The lowest BCUT2D eigenvalue weighted by Gasteiger charge is -2.40. The van der Waals surface area contributed by atoms with E-state index in [2.05, 4.69) is 5.32 Å². The van der Waals surface area contributed by atoms with E-state index in [4.69, 9.17) is 14.8 Å². The Hall–Kier alpha value is -3.62. The average molecular weight is 534 g/mol. The third-order valence-electron chi connectivity index (χ3n) is 6.14. The molecule has 1 aliphatic rings. The minimum atomic E-state index is -4.80. The molecule has 1 unspecified atom stereocenters. The number of piperidine rings is 1. The molecule has 1 aliphatic heterocycles. The molecule has 0 bridgehead atoms. The number of anilines is 1. The minimum absolute atomic E-state index is 0.0837. The number of nitrogens with one attached hydrogen (secondary N) is 1. The van der Waals surface area contributed by atoms with Crippen molar-refractivity contribution in [2.24, 2.45) is 5.92 Å². The molecule has 204 valence electrons. The van der Waals surface area contributed by atoms with E-state index < -0.39 is 46.5 Å². The Morgan fingerprint density at radius 3 is 2.29 bits per heavy atom. The van der Waals surface area contributed by atoms with Gasteiger partial charge in [-0.3, -0.25) is 4.79 Å². The number of nitrogens with zero attached hydrogens (tertiary/aromatic N) is 2. The van der Waals surface area contributed by atoms with Crippen LogP contribution < -0.4 is 5.32 Å². The molecule has 0 saturated carbocycles. The molecule has 1 saturated heterocycles. The van der Waals surface area contributed by atoms with Gasteiger partial charge in [0.05, 0.1) is 17.2 Å². The van der Waals surface area contributed by atoms with Crippen LogP contribution in [0.4, 0.5) is 23.7 Å². The van der Waals surface area contributed by atoms with Crippen LogP contribution in [0.15, 0.2) is 48.5 Å². The summed E-state index contributed by atoms with van der Waals surface area (Å²) in [5.41, 5.74) is -4.01. The Morgan fingerprint density at radius 1 is 1.11 bits per heavy atom. The highest BCUT2D eigenvalue weighted by atomic mass is 19.4. The van der Waals surface area contributed by atoms with Gasteiger partial charge in [0.15, 0.2) is 0 Å². The largest absolute Gasteiger partial charge is 0.528 e. The molecule has 2 aromatic carbocycles. The fourth-order valence-electron chi connectivity index (χ4n) is 4.31. The Bertz CT molecular complexity index is 1180. The summed E-state index contributed by atoms with van der Waals surface area (Å²) in [7, 11) is 0. The van der Waals surface area contributed by atoms with Gasteiger partial charge in [-0.1, -0.05) is 30.3 Å². The first-order chi connectivity index (χ1) is 17.7. The van der Waals surface area contributed by atoms with Crippen molar-refractivity contribution >= 4 is 17.7 Å². The summed E-state index contributed by atoms with van der Waals surface area (Å²) in [5.74, 6) is -1.47. The van der Waals surface area contributed by atoms with E-state index in [0.29, 0.717) is 11.6 Å². The highest BCUT2D eigenvalue weighted by Gasteiger charge is 2.46. The summed E-state index contributed by atoms with van der Waals surface area (Å²) in [6.07, 6.45) is -5.22. The van der Waals surface area contributed by atoms with Gasteiger partial charge in [0, 0.05) is 25.2 Å². The van der Waals surface area contributed by atoms with Crippen molar-refractivity contribution in [3.05, 3.63) is 65.2 Å². The number of ether oxygens (including phenoxy) is 1. The van der Waals surface area contributed by atoms with Gasteiger partial charge in [0.2, 0.25) is 0 Å². The molecule has 1 atom stereocenters. The van der Waals surface area contributed by atoms with Crippen molar-refractivity contribution in [1.82, 2.24) is 5.06 Å². The maximum absolute atomic E-state index is 13.4. The predicted octanol–water partition coefficient (Wildman–Crippen LogP) is 5.07. The van der Waals surface area contributed by atoms with E-state index in [1.165, 1.54) is 17.2 Å². The number of amides is 1. The maximum Gasteiger partial charge on any atom is 0.528 e. The standard InChI is InChI=1S/C27H30F3N3O5/c1-25(2,3)37-24(35)38-33-13-11-20(12-14-33)26(36,16-18-7-5-4-6-8-18)23(34)32-21-10-9-19(17-31)22(15-21)27(28,29)30/h4-10,15,20,36H,11-14,16H2,1-3H3,(H,32,34). The highest BCUT2D eigenvalue weighted by molar-refractivity contribution is 5.97. The summed E-state index contributed by atoms with van der Waals surface area (Å²) in [5, 5.41) is 24.6. The van der Waals surface area contributed by atoms with Gasteiger partial charge >= 0.3 is 12.3 Å². The summed E-state index contributed by atoms with van der Waals surface area (Å²) in [6.45, 7) is 5.53. The predicted molar refractivity (Wildman–Crippen MR) is 132 cm³/mol. The third kappa shape index (κ3) is 7.46. The first kappa shape index (κ1) is 28.9. The van der Waals surface area contributed by atoms with Crippen LogP contribution in [0.25, 0.3) is 0 Å². The Balaban J connectivity index is 1.80. The van der Waals surface area contributed by atoms with Gasteiger partial charge in [0.1, 0.15) is 11.2 Å². The van der Waals surface area contributed by atoms with E-state index in [1.807, 2.05) is 0 Å². The molecule has 2 N–H and O–H groups in total. The zero-order valence-electron chi connectivity index (χ0n) is 21.3. The maximum atomic E-state index is 13.4. The van der Waals surface area contributed by atoms with Gasteiger partial charge in [-0.25, -0.2) is 4.79 Å². The molecule has 0 spiro atoms. The number of hydrogen-bond donors (Lipinski definition) is 2. The number of alkyl halides is 3. The Labute approximate surface area is 218 Å². The van der Waals surface area contributed by atoms with Crippen LogP contribution in [0.3, 0.4) is 0 Å². The lowest BCUT2D eigenvalue weighted by molar-refractivity contribution is -0.171. The van der Waals surface area contributed by atoms with Crippen molar-refractivity contribution in [2.45, 2.75) is 57.4 Å². The lowest BCUT2D eigenvalue weighted by atomic mass is 9.76. The number of nitriles is 1. The van der Waals surface area contributed by atoms with Gasteiger partial charge < -0.3 is 20.0 Å². The molecular formula is C27H30F3N3O5. The van der Waals surface area contributed by atoms with Crippen molar-refractivity contribution in [3.63, 3.8) is 0 Å². The third-order valence-corrected chi connectivity index (χ3v) is 6.14. The molecule has 0 aliphatic carbocycles. The summed E-state index contributed by atoms with van der Waals surface area (Å²) >= 11 is 0. The molecule has 0 aromatic heterocycles. The molecular weight excluding hydrogens is 503 g/mol. The van der Waals surface area contributed by atoms with Crippen LogP contribution in [0.1, 0.15) is 50.3 Å². The van der Waals surface area contributed by atoms with Crippen LogP contribution in [-0.2, 0) is 27.0 Å². The molecule has 0 radical (unpaired) electrons. The number of rotatable bonds is 6. The Morgan fingerprint density at radius 2 is 1.74 bits per heavy atom. The smallest absolute Gasteiger partial charge is 0.427 e. The van der Waals surface area contributed by atoms with Crippen LogP contribution >= 0.6 is 0 Å². The van der Waals surface area contributed by atoms with E-state index >= 15 is 0 Å². The normalized spacial score (nSPS) is 16.7. The lowest BCUT2D eigenvalue weighted by Crippen LogP contribution is -2.54. The average Bonchev–Trinajstić information content (AvgIpc) is 2.83. The summed E-state index contributed by atoms with van der Waals surface area (Å²) < 4.78 is 45.4. The first-order valence-corrected chi connectivity index (χ1v) is 12.1. The zero-order valence-corrected chi connectivity index (χ0v) is 21.3. The molecule has 38 heavy (non-hydrogen) atoms. The molecule has 1 amide bonds. The summed E-state index contributed by atoms with van der Waals surface area (Å²) in [4.78, 5) is 30.7. The van der Waals surface area contributed by atoms with E-state index in [9.17, 15) is 27.9 Å². The first-order valence-electron chi connectivity index (χ1n) is 12.1. The Kier molecular flexibility index (Phi) is 8.69. The van der Waals surface area contributed by atoms with Crippen molar-refractivity contribution in [3.8, 4) is 6.07 Å². The molecule has 2 aromatic rings. The quantitative estimate of drug-likeness (QED) is 0.499. The van der Waals surface area contributed by atoms with Gasteiger partial charge in [-0.05, 0) is 63.3 Å². The SMILES string of the molecule is CC(C)(C)OC(=O)ON1CCC(C(O)(Cc2ccccc2)C(=O)Nc2ccc(C#N)c(C(F)(F)F)c2)CC1. The second-order valence-electron chi connectivity index (χ2n) is 10.2. The van der Waals surface area contributed by atoms with Gasteiger partial charge in [-0.2, -0.15) is 18.4 Å². The second-order valence-corrected chi connectivity index (χ2v) is 10.2.